The lowest BCUT2D eigenvalue weighted by atomic mass is 10.1. The number of fused-ring (bicyclic) bond motifs is 1. The average molecular weight is 296 g/mol. The Balaban J connectivity index is 2.15. The summed E-state index contributed by atoms with van der Waals surface area (Å²) in [5, 5.41) is 0. The molecule has 0 amide bonds. The second-order valence-electron chi connectivity index (χ2n) is 5.29. The fourth-order valence-electron chi connectivity index (χ4n) is 2.38. The number of nitrogens with two attached hydrogens (primary N) is 1. The third-order valence-corrected chi connectivity index (χ3v) is 3.52. The van der Waals surface area contributed by atoms with Gasteiger partial charge in [0, 0.05) is 31.0 Å². The highest BCUT2D eigenvalue weighted by Crippen LogP contribution is 2.18. The Morgan fingerprint density at radius 3 is 2.68 bits per heavy atom. The highest BCUT2D eigenvalue weighted by molar-refractivity contribution is 6.01. The van der Waals surface area contributed by atoms with Crippen molar-refractivity contribution in [3.63, 3.8) is 0 Å². The first-order chi connectivity index (χ1) is 10.5. The Hall–Kier alpha value is -3.02. The van der Waals surface area contributed by atoms with Crippen LogP contribution in [0.2, 0.25) is 0 Å². The molecule has 3 rings (SSSR count). The summed E-state index contributed by atoms with van der Waals surface area (Å²) in [5.74, 6) is -0.371. The number of carbonyl (C=O) groups excluding carboxylic acids is 1. The smallest absolute Gasteiger partial charge is 0.333 e. The second-order valence-corrected chi connectivity index (χ2v) is 5.29. The zero-order valence-corrected chi connectivity index (χ0v) is 12.3. The largest absolute Gasteiger partial charge is 0.399 e. The van der Waals surface area contributed by atoms with Gasteiger partial charge in [-0.05, 0) is 36.4 Å². The summed E-state index contributed by atoms with van der Waals surface area (Å²) < 4.78 is 1.13. The van der Waals surface area contributed by atoms with Crippen molar-refractivity contribution < 1.29 is 4.79 Å². The van der Waals surface area contributed by atoms with E-state index in [0.29, 0.717) is 22.3 Å². The number of nitrogens with one attached hydrogen (secondary N) is 1. The number of nitrogens with zero attached hydrogens (tertiary/aromatic N) is 2. The standard InChI is InChI=1S/C16H16N4O2/c1-19(2)12-5-3-4-10(8-12)15(21)20-14-7-6-11(17)9-13(14)18-16(20)22/h3-9H,17H2,1-2H3,(H,18,22). The molecule has 6 nitrogen and oxygen atoms in total. The van der Waals surface area contributed by atoms with E-state index in [0.717, 1.165) is 10.3 Å². The van der Waals surface area contributed by atoms with E-state index < -0.39 is 5.69 Å². The minimum absolute atomic E-state index is 0.371. The van der Waals surface area contributed by atoms with Crippen molar-refractivity contribution in [3.05, 3.63) is 58.5 Å². The molecule has 0 spiro atoms. The van der Waals surface area contributed by atoms with Gasteiger partial charge in [-0.15, -0.1) is 0 Å². The summed E-state index contributed by atoms with van der Waals surface area (Å²) in [6, 6.07) is 12.1. The molecule has 6 heteroatoms. The highest BCUT2D eigenvalue weighted by Gasteiger charge is 2.16. The van der Waals surface area contributed by atoms with Crippen molar-refractivity contribution in [1.29, 1.82) is 0 Å². The molecule has 22 heavy (non-hydrogen) atoms. The summed E-state index contributed by atoms with van der Waals surface area (Å²) in [4.78, 5) is 29.4. The van der Waals surface area contributed by atoms with Crippen molar-refractivity contribution in [1.82, 2.24) is 9.55 Å². The van der Waals surface area contributed by atoms with E-state index in [-0.39, 0.29) is 5.91 Å². The first-order valence-electron chi connectivity index (χ1n) is 6.80. The molecule has 0 fully saturated rings. The number of H-pyrrole nitrogens is 1. The van der Waals surface area contributed by atoms with Crippen molar-refractivity contribution in [2.75, 3.05) is 24.7 Å². The topological polar surface area (TPSA) is 84.1 Å². The Labute approximate surface area is 126 Å². The third kappa shape index (κ3) is 2.24. The van der Waals surface area contributed by atoms with Crippen LogP contribution < -0.4 is 16.3 Å². The Morgan fingerprint density at radius 1 is 1.18 bits per heavy atom. The van der Waals surface area contributed by atoms with Crippen LogP contribution in [0.1, 0.15) is 10.4 Å². The summed E-state index contributed by atoms with van der Waals surface area (Å²) >= 11 is 0. The number of rotatable bonds is 2. The predicted octanol–water partition coefficient (Wildman–Crippen LogP) is 1.67. The van der Waals surface area contributed by atoms with Gasteiger partial charge in [0.1, 0.15) is 0 Å². The van der Waals surface area contributed by atoms with Crippen LogP contribution in [0.15, 0.2) is 47.3 Å². The highest BCUT2D eigenvalue weighted by atomic mass is 16.2. The van der Waals surface area contributed by atoms with Gasteiger partial charge in [-0.1, -0.05) is 6.07 Å². The minimum atomic E-state index is -0.471. The molecule has 2 aromatic carbocycles. The monoisotopic (exact) mass is 296 g/mol. The predicted molar refractivity (Wildman–Crippen MR) is 87.5 cm³/mol. The lowest BCUT2D eigenvalue weighted by molar-refractivity contribution is 0.0961. The molecule has 1 aromatic heterocycles. The SMILES string of the molecule is CN(C)c1cccc(C(=O)n2c(=O)[nH]c3cc(N)ccc32)c1. The molecule has 0 aliphatic rings. The lowest BCUT2D eigenvalue weighted by Crippen LogP contribution is -2.25. The van der Waals surface area contributed by atoms with Crippen molar-refractivity contribution >= 4 is 28.3 Å². The molecule has 0 bridgehead atoms. The number of anilines is 2. The number of carbonyl (C=O) groups is 1. The van der Waals surface area contributed by atoms with Gasteiger partial charge >= 0.3 is 5.69 Å². The van der Waals surface area contributed by atoms with Crippen LogP contribution in [0.25, 0.3) is 11.0 Å². The molecule has 0 unspecified atom stereocenters. The van der Waals surface area contributed by atoms with Crippen molar-refractivity contribution in [3.8, 4) is 0 Å². The third-order valence-electron chi connectivity index (χ3n) is 3.52. The van der Waals surface area contributed by atoms with Crippen molar-refractivity contribution in [2.24, 2.45) is 0 Å². The van der Waals surface area contributed by atoms with E-state index >= 15 is 0 Å². The van der Waals surface area contributed by atoms with Gasteiger partial charge in [-0.25, -0.2) is 9.36 Å². The second kappa shape index (κ2) is 5.07. The van der Waals surface area contributed by atoms with Gasteiger partial charge < -0.3 is 15.6 Å². The van der Waals surface area contributed by atoms with Crippen LogP contribution in [0, 0.1) is 0 Å². The van der Waals surface area contributed by atoms with E-state index in [9.17, 15) is 9.59 Å². The van der Waals surface area contributed by atoms with Gasteiger partial charge in [0.25, 0.3) is 5.91 Å². The van der Waals surface area contributed by atoms with E-state index in [1.54, 1.807) is 36.4 Å². The van der Waals surface area contributed by atoms with Gasteiger partial charge in [-0.2, -0.15) is 0 Å². The summed E-state index contributed by atoms with van der Waals surface area (Å²) in [7, 11) is 3.79. The molecule has 0 saturated carbocycles. The Bertz CT molecular complexity index is 921. The Kier molecular flexibility index (Phi) is 3.21. The van der Waals surface area contributed by atoms with Gasteiger partial charge in [0.15, 0.2) is 0 Å². The number of aromatic nitrogens is 2. The van der Waals surface area contributed by atoms with E-state index in [1.807, 2.05) is 25.1 Å². The first kappa shape index (κ1) is 13.9. The molecule has 3 N–H and O–H groups in total. The van der Waals surface area contributed by atoms with Crippen molar-refractivity contribution in [2.45, 2.75) is 0 Å². The summed E-state index contributed by atoms with van der Waals surface area (Å²) in [6.07, 6.45) is 0. The van der Waals surface area contributed by atoms with Crippen LogP contribution in [0.4, 0.5) is 11.4 Å². The van der Waals surface area contributed by atoms with Crippen LogP contribution in [0.5, 0.6) is 0 Å². The number of nitrogen functional groups attached to an aromatic ring is 1. The number of hydrogen-bond donors (Lipinski definition) is 2. The molecule has 0 aliphatic heterocycles. The van der Waals surface area contributed by atoms with Crippen LogP contribution in [-0.4, -0.2) is 29.6 Å². The lowest BCUT2D eigenvalue weighted by Gasteiger charge is -2.13. The maximum absolute atomic E-state index is 12.7. The number of benzene rings is 2. The molecule has 0 atom stereocenters. The molecule has 0 aliphatic carbocycles. The summed E-state index contributed by atoms with van der Waals surface area (Å²) in [5.41, 5.74) is 8.16. The molecule has 3 aromatic rings. The van der Waals surface area contributed by atoms with Gasteiger partial charge in [-0.3, -0.25) is 4.79 Å². The number of aromatic amines is 1. The molecular formula is C16H16N4O2. The van der Waals surface area contributed by atoms with Crippen LogP contribution in [0.3, 0.4) is 0 Å². The van der Waals surface area contributed by atoms with E-state index in [1.165, 1.54) is 0 Å². The quantitative estimate of drug-likeness (QED) is 0.704. The molecule has 112 valence electrons. The van der Waals surface area contributed by atoms with Gasteiger partial charge in [0.2, 0.25) is 0 Å². The zero-order chi connectivity index (χ0) is 15.9. The van der Waals surface area contributed by atoms with Gasteiger partial charge in [0.05, 0.1) is 11.0 Å². The maximum Gasteiger partial charge on any atom is 0.333 e. The van der Waals surface area contributed by atoms with E-state index in [2.05, 4.69) is 4.98 Å². The normalized spacial score (nSPS) is 10.8. The number of imidazole rings is 1. The zero-order valence-electron chi connectivity index (χ0n) is 12.3. The molecule has 0 radical (unpaired) electrons. The van der Waals surface area contributed by atoms with E-state index in [4.69, 9.17) is 5.73 Å². The molecule has 0 saturated heterocycles. The first-order valence-corrected chi connectivity index (χ1v) is 6.80. The van der Waals surface area contributed by atoms with Crippen LogP contribution >= 0.6 is 0 Å². The Morgan fingerprint density at radius 2 is 1.95 bits per heavy atom. The number of hydrogen-bond acceptors (Lipinski definition) is 4. The van der Waals surface area contributed by atoms with Crippen LogP contribution in [-0.2, 0) is 0 Å². The molecular weight excluding hydrogens is 280 g/mol. The summed E-state index contributed by atoms with van der Waals surface area (Å²) in [6.45, 7) is 0. The average Bonchev–Trinajstić information content (AvgIpc) is 2.81. The fourth-order valence-corrected chi connectivity index (χ4v) is 2.38. The minimum Gasteiger partial charge on any atom is -0.399 e. The maximum atomic E-state index is 12.7. The fraction of sp³-hybridized carbons (Fsp3) is 0.125. The molecule has 1 heterocycles.